The summed E-state index contributed by atoms with van der Waals surface area (Å²) in [4.78, 5) is 13.0. The highest BCUT2D eigenvalue weighted by Crippen LogP contribution is 2.19. The molecule has 2 aromatic rings. The van der Waals surface area contributed by atoms with Gasteiger partial charge in [-0.05, 0) is 25.7 Å². The average Bonchev–Trinajstić information content (AvgIpc) is 2.36. The molecule has 0 spiro atoms. The van der Waals surface area contributed by atoms with Crippen LogP contribution in [0.15, 0.2) is 17.6 Å². The van der Waals surface area contributed by atoms with Crippen molar-refractivity contribution in [2.75, 3.05) is 6.26 Å². The molecule has 0 aliphatic carbocycles. The summed E-state index contributed by atoms with van der Waals surface area (Å²) in [7, 11) is 0. The van der Waals surface area contributed by atoms with Crippen LogP contribution in [0.1, 0.15) is 25.1 Å². The normalized spacial score (nSPS) is 9.81. The molecule has 0 atom stereocenters. The minimum Gasteiger partial charge on any atom is -0.260 e. The lowest BCUT2D eigenvalue weighted by atomic mass is 10.2. The molecule has 0 aliphatic rings. The van der Waals surface area contributed by atoms with Gasteiger partial charge in [-0.15, -0.1) is 0 Å². The van der Waals surface area contributed by atoms with Crippen molar-refractivity contribution in [1.29, 1.82) is 0 Å². The van der Waals surface area contributed by atoms with E-state index in [1.165, 1.54) is 0 Å². The lowest BCUT2D eigenvalue weighted by molar-refractivity contribution is 0.995. The third-order valence-electron chi connectivity index (χ3n) is 2.16. The zero-order chi connectivity index (χ0) is 12.1. The minimum atomic E-state index is 0.811. The van der Waals surface area contributed by atoms with Gasteiger partial charge in [0.05, 0.1) is 5.52 Å². The third kappa shape index (κ3) is 2.50. The standard InChI is InChI=1S/C10H11N3S.C2H6/c1-6-4-11-7(2)8-5-12-10(14-3)13-9(6)8;1-2/h4-5H,1-3H3;1-2H3. The van der Waals surface area contributed by atoms with Gasteiger partial charge in [-0.2, -0.15) is 0 Å². The van der Waals surface area contributed by atoms with Gasteiger partial charge in [0, 0.05) is 23.5 Å². The highest BCUT2D eigenvalue weighted by atomic mass is 32.2. The Morgan fingerprint density at radius 1 is 1.06 bits per heavy atom. The Kier molecular flexibility index (Phi) is 4.68. The number of aromatic nitrogens is 3. The maximum Gasteiger partial charge on any atom is 0.187 e. The second-order valence-corrected chi connectivity index (χ2v) is 3.92. The summed E-state index contributed by atoms with van der Waals surface area (Å²) in [5.74, 6) is 0. The Balaban J connectivity index is 0.000000606. The van der Waals surface area contributed by atoms with Gasteiger partial charge >= 0.3 is 0 Å². The molecule has 2 heterocycles. The van der Waals surface area contributed by atoms with E-state index in [9.17, 15) is 0 Å². The lowest BCUT2D eigenvalue weighted by Crippen LogP contribution is -1.93. The summed E-state index contributed by atoms with van der Waals surface area (Å²) in [6, 6.07) is 0. The van der Waals surface area contributed by atoms with Crippen LogP contribution in [0.3, 0.4) is 0 Å². The van der Waals surface area contributed by atoms with Gasteiger partial charge < -0.3 is 0 Å². The Morgan fingerprint density at radius 3 is 2.38 bits per heavy atom. The number of rotatable bonds is 1. The largest absolute Gasteiger partial charge is 0.260 e. The zero-order valence-electron chi connectivity index (χ0n) is 10.4. The first-order valence-electron chi connectivity index (χ1n) is 5.35. The van der Waals surface area contributed by atoms with E-state index in [1.807, 2.05) is 46.3 Å². The molecular weight excluding hydrogens is 218 g/mol. The monoisotopic (exact) mass is 235 g/mol. The number of fused-ring (bicyclic) bond motifs is 1. The number of nitrogens with zero attached hydrogens (tertiary/aromatic N) is 3. The van der Waals surface area contributed by atoms with Gasteiger partial charge in [0.2, 0.25) is 0 Å². The number of pyridine rings is 1. The van der Waals surface area contributed by atoms with Crippen LogP contribution in [0.5, 0.6) is 0 Å². The molecule has 0 radical (unpaired) electrons. The van der Waals surface area contributed by atoms with E-state index in [1.54, 1.807) is 11.8 Å². The topological polar surface area (TPSA) is 38.7 Å². The molecule has 2 aromatic heterocycles. The fraction of sp³-hybridized carbons (Fsp3) is 0.417. The highest BCUT2D eigenvalue weighted by molar-refractivity contribution is 7.98. The van der Waals surface area contributed by atoms with Gasteiger partial charge in [-0.3, -0.25) is 4.98 Å². The maximum atomic E-state index is 4.47. The van der Waals surface area contributed by atoms with Crippen molar-refractivity contribution < 1.29 is 0 Å². The molecule has 0 aliphatic heterocycles. The predicted octanol–water partition coefficient (Wildman–Crippen LogP) is 3.39. The number of aryl methyl sites for hydroxylation is 2. The van der Waals surface area contributed by atoms with E-state index < -0.39 is 0 Å². The lowest BCUT2D eigenvalue weighted by Gasteiger charge is -2.04. The molecular formula is C12H17N3S. The Hall–Kier alpha value is -1.16. The first-order chi connectivity index (χ1) is 7.72. The summed E-state index contributed by atoms with van der Waals surface area (Å²) in [5.41, 5.74) is 3.10. The van der Waals surface area contributed by atoms with Crippen LogP contribution in [0.25, 0.3) is 10.9 Å². The smallest absolute Gasteiger partial charge is 0.187 e. The molecule has 0 N–H and O–H groups in total. The second-order valence-electron chi connectivity index (χ2n) is 3.15. The van der Waals surface area contributed by atoms with E-state index >= 15 is 0 Å². The van der Waals surface area contributed by atoms with Crippen molar-refractivity contribution in [2.45, 2.75) is 32.9 Å². The summed E-state index contributed by atoms with van der Waals surface area (Å²) in [5, 5.41) is 1.86. The van der Waals surface area contributed by atoms with E-state index in [-0.39, 0.29) is 0 Å². The fourth-order valence-electron chi connectivity index (χ4n) is 1.35. The molecule has 2 rings (SSSR count). The molecule has 16 heavy (non-hydrogen) atoms. The van der Waals surface area contributed by atoms with Gasteiger partial charge in [0.15, 0.2) is 5.16 Å². The quantitative estimate of drug-likeness (QED) is 0.561. The van der Waals surface area contributed by atoms with E-state index in [0.29, 0.717) is 0 Å². The van der Waals surface area contributed by atoms with Crippen molar-refractivity contribution in [1.82, 2.24) is 15.0 Å². The molecule has 0 bridgehead atoms. The van der Waals surface area contributed by atoms with E-state index in [0.717, 1.165) is 27.3 Å². The Bertz CT molecular complexity index is 483. The fourth-order valence-corrected chi connectivity index (χ4v) is 1.69. The van der Waals surface area contributed by atoms with Crippen LogP contribution in [-0.2, 0) is 0 Å². The van der Waals surface area contributed by atoms with Crippen LogP contribution in [0.2, 0.25) is 0 Å². The van der Waals surface area contributed by atoms with Crippen molar-refractivity contribution in [3.63, 3.8) is 0 Å². The van der Waals surface area contributed by atoms with E-state index in [2.05, 4.69) is 15.0 Å². The first kappa shape index (κ1) is 12.9. The summed E-state index contributed by atoms with van der Waals surface area (Å²) in [6.07, 6.45) is 5.68. The van der Waals surface area contributed by atoms with Crippen LogP contribution < -0.4 is 0 Å². The molecule has 0 amide bonds. The van der Waals surface area contributed by atoms with Gasteiger partial charge in [0.25, 0.3) is 0 Å². The summed E-state index contributed by atoms with van der Waals surface area (Å²) in [6.45, 7) is 8.00. The van der Waals surface area contributed by atoms with Crippen LogP contribution in [0, 0.1) is 13.8 Å². The number of hydrogen-bond donors (Lipinski definition) is 0. The third-order valence-corrected chi connectivity index (χ3v) is 2.73. The molecule has 0 saturated heterocycles. The van der Waals surface area contributed by atoms with Gasteiger partial charge in [0.1, 0.15) is 0 Å². The average molecular weight is 235 g/mol. The van der Waals surface area contributed by atoms with E-state index in [4.69, 9.17) is 0 Å². The Labute approximate surface area is 101 Å². The summed E-state index contributed by atoms with van der Waals surface area (Å²) < 4.78 is 0. The van der Waals surface area contributed by atoms with Gasteiger partial charge in [-0.25, -0.2) is 9.97 Å². The molecule has 0 aromatic carbocycles. The molecule has 4 heteroatoms. The number of hydrogen-bond acceptors (Lipinski definition) is 4. The van der Waals surface area contributed by atoms with Crippen molar-refractivity contribution in [3.8, 4) is 0 Å². The van der Waals surface area contributed by atoms with Crippen LogP contribution >= 0.6 is 11.8 Å². The van der Waals surface area contributed by atoms with Crippen LogP contribution in [-0.4, -0.2) is 21.2 Å². The molecule has 86 valence electrons. The minimum absolute atomic E-state index is 0.811. The second kappa shape index (κ2) is 5.80. The first-order valence-corrected chi connectivity index (χ1v) is 6.58. The number of thioether (sulfide) groups is 1. The molecule has 0 saturated carbocycles. The molecule has 3 nitrogen and oxygen atoms in total. The van der Waals surface area contributed by atoms with Gasteiger partial charge in [-0.1, -0.05) is 25.6 Å². The van der Waals surface area contributed by atoms with Crippen molar-refractivity contribution >= 4 is 22.7 Å². The summed E-state index contributed by atoms with van der Waals surface area (Å²) >= 11 is 1.56. The Morgan fingerprint density at radius 2 is 1.75 bits per heavy atom. The molecule has 0 fully saturated rings. The maximum absolute atomic E-state index is 4.47. The highest BCUT2D eigenvalue weighted by Gasteiger charge is 2.04. The van der Waals surface area contributed by atoms with Crippen LogP contribution in [0.4, 0.5) is 0 Å². The zero-order valence-corrected chi connectivity index (χ0v) is 11.2. The van der Waals surface area contributed by atoms with Crippen molar-refractivity contribution in [3.05, 3.63) is 23.7 Å². The SMILES string of the molecule is CC.CSc1ncc2c(C)ncc(C)c2n1. The van der Waals surface area contributed by atoms with Crippen molar-refractivity contribution in [2.24, 2.45) is 0 Å². The molecule has 0 unspecified atom stereocenters. The predicted molar refractivity (Wildman–Crippen MR) is 69.9 cm³/mol.